The summed E-state index contributed by atoms with van der Waals surface area (Å²) in [6, 6.07) is 19.7. The van der Waals surface area contributed by atoms with Crippen LogP contribution in [0.2, 0.25) is 0 Å². The van der Waals surface area contributed by atoms with Crippen LogP contribution in [0.1, 0.15) is 11.7 Å². The Morgan fingerprint density at radius 3 is 2.25 bits per heavy atom. The first kappa shape index (κ1) is 16.4. The minimum Gasteiger partial charge on any atom is -0.506 e. The summed E-state index contributed by atoms with van der Waals surface area (Å²) in [5.41, 5.74) is 0.861. The maximum absolute atomic E-state index is 12.2. The number of hydrogen-bond acceptors (Lipinski definition) is 5. The van der Waals surface area contributed by atoms with Crippen molar-refractivity contribution in [1.82, 2.24) is 0 Å². The van der Waals surface area contributed by atoms with E-state index in [-0.39, 0.29) is 16.4 Å². The SMILES string of the molecule is O=c1oc(-c2ccccc2)cc(O)c1SCC(O)c1ccccc1. The molecule has 0 aliphatic carbocycles. The van der Waals surface area contributed by atoms with Gasteiger partial charge in [0.05, 0.1) is 6.10 Å². The number of aromatic hydroxyl groups is 1. The number of thioether (sulfide) groups is 1. The monoisotopic (exact) mass is 340 g/mol. The predicted octanol–water partition coefficient (Wildman–Crippen LogP) is 3.84. The molecule has 1 aromatic heterocycles. The molecular weight excluding hydrogens is 324 g/mol. The van der Waals surface area contributed by atoms with Crippen LogP contribution in [0.5, 0.6) is 5.75 Å². The molecule has 0 aliphatic heterocycles. The second kappa shape index (κ2) is 7.38. The Kier molecular flexibility index (Phi) is 5.03. The molecule has 0 saturated carbocycles. The molecule has 0 spiro atoms. The zero-order chi connectivity index (χ0) is 16.9. The van der Waals surface area contributed by atoms with E-state index >= 15 is 0 Å². The lowest BCUT2D eigenvalue weighted by molar-refractivity contribution is 0.204. The van der Waals surface area contributed by atoms with Crippen LogP contribution in [0.4, 0.5) is 0 Å². The molecule has 4 nitrogen and oxygen atoms in total. The lowest BCUT2D eigenvalue weighted by Gasteiger charge is -2.11. The fourth-order valence-corrected chi connectivity index (χ4v) is 3.16. The third-order valence-electron chi connectivity index (χ3n) is 3.52. The van der Waals surface area contributed by atoms with Crippen LogP contribution in [0.25, 0.3) is 11.3 Å². The summed E-state index contributed by atoms with van der Waals surface area (Å²) in [5.74, 6) is 0.411. The maximum atomic E-state index is 12.2. The van der Waals surface area contributed by atoms with E-state index in [2.05, 4.69) is 0 Å². The van der Waals surface area contributed by atoms with Gasteiger partial charge in [0, 0.05) is 17.4 Å². The lowest BCUT2D eigenvalue weighted by Crippen LogP contribution is -2.06. The highest BCUT2D eigenvalue weighted by atomic mass is 32.2. The first-order chi connectivity index (χ1) is 11.6. The Morgan fingerprint density at radius 1 is 1.00 bits per heavy atom. The van der Waals surface area contributed by atoms with Crippen molar-refractivity contribution >= 4 is 11.8 Å². The summed E-state index contributed by atoms with van der Waals surface area (Å²) in [7, 11) is 0. The Bertz CT molecular complexity index is 860. The third-order valence-corrected chi connectivity index (χ3v) is 4.66. The molecule has 1 atom stereocenters. The number of aliphatic hydroxyl groups excluding tert-OH is 1. The highest BCUT2D eigenvalue weighted by molar-refractivity contribution is 7.99. The van der Waals surface area contributed by atoms with Crippen molar-refractivity contribution in [1.29, 1.82) is 0 Å². The molecule has 0 amide bonds. The summed E-state index contributed by atoms with van der Waals surface area (Å²) >= 11 is 1.07. The van der Waals surface area contributed by atoms with Crippen molar-refractivity contribution in [3.8, 4) is 17.1 Å². The van der Waals surface area contributed by atoms with E-state index in [0.29, 0.717) is 11.3 Å². The average Bonchev–Trinajstić information content (AvgIpc) is 2.62. The number of hydrogen-bond donors (Lipinski definition) is 2. The van der Waals surface area contributed by atoms with E-state index in [0.717, 1.165) is 17.3 Å². The number of aliphatic hydroxyl groups is 1. The van der Waals surface area contributed by atoms with E-state index in [1.54, 1.807) is 12.1 Å². The average molecular weight is 340 g/mol. The third kappa shape index (κ3) is 3.69. The van der Waals surface area contributed by atoms with Gasteiger partial charge in [0.15, 0.2) is 0 Å². The van der Waals surface area contributed by atoms with E-state index < -0.39 is 11.7 Å². The van der Waals surface area contributed by atoms with Gasteiger partial charge in [-0.1, -0.05) is 60.7 Å². The van der Waals surface area contributed by atoms with E-state index in [1.807, 2.05) is 48.5 Å². The standard InChI is InChI=1S/C19H16O4S/c20-15-11-17(14-9-5-2-6-10-14)23-19(22)18(15)24-12-16(21)13-7-3-1-4-8-13/h1-11,16,20-21H,12H2. The highest BCUT2D eigenvalue weighted by Crippen LogP contribution is 2.31. The molecule has 3 aromatic rings. The molecule has 1 unspecified atom stereocenters. The van der Waals surface area contributed by atoms with Crippen molar-refractivity contribution < 1.29 is 14.6 Å². The van der Waals surface area contributed by atoms with Gasteiger partial charge in [0.1, 0.15) is 16.4 Å². The summed E-state index contributed by atoms with van der Waals surface area (Å²) in [6.07, 6.45) is -0.733. The zero-order valence-corrected chi connectivity index (χ0v) is 13.6. The van der Waals surface area contributed by atoms with Crippen LogP contribution >= 0.6 is 11.8 Å². The molecular formula is C19H16O4S. The van der Waals surface area contributed by atoms with E-state index in [4.69, 9.17) is 4.42 Å². The van der Waals surface area contributed by atoms with Crippen LogP contribution < -0.4 is 5.63 Å². The first-order valence-electron chi connectivity index (χ1n) is 7.43. The minimum absolute atomic E-state index is 0.102. The predicted molar refractivity (Wildman–Crippen MR) is 94.2 cm³/mol. The first-order valence-corrected chi connectivity index (χ1v) is 8.42. The van der Waals surface area contributed by atoms with Crippen molar-refractivity contribution in [2.24, 2.45) is 0 Å². The number of benzene rings is 2. The Morgan fingerprint density at radius 2 is 1.62 bits per heavy atom. The Labute approximate surface area is 143 Å². The molecule has 3 rings (SSSR count). The van der Waals surface area contributed by atoms with Crippen LogP contribution in [0.3, 0.4) is 0 Å². The smallest absolute Gasteiger partial charge is 0.353 e. The second-order valence-corrected chi connectivity index (χ2v) is 6.25. The fraction of sp³-hybridized carbons (Fsp3) is 0.105. The van der Waals surface area contributed by atoms with Gasteiger partial charge in [-0.3, -0.25) is 0 Å². The molecule has 2 N–H and O–H groups in total. The summed E-state index contributed by atoms with van der Waals surface area (Å²) in [4.78, 5) is 12.3. The van der Waals surface area contributed by atoms with Gasteiger partial charge in [0.25, 0.3) is 0 Å². The molecule has 0 bridgehead atoms. The Hall–Kier alpha value is -2.50. The van der Waals surface area contributed by atoms with Gasteiger partial charge < -0.3 is 14.6 Å². The number of rotatable bonds is 5. The van der Waals surface area contributed by atoms with E-state index in [9.17, 15) is 15.0 Å². The van der Waals surface area contributed by atoms with Crippen molar-refractivity contribution in [3.05, 3.63) is 82.7 Å². The minimum atomic E-state index is -0.733. The van der Waals surface area contributed by atoms with Crippen molar-refractivity contribution in [2.45, 2.75) is 11.0 Å². The molecule has 0 saturated heterocycles. The van der Waals surface area contributed by atoms with Gasteiger partial charge in [0.2, 0.25) is 0 Å². The van der Waals surface area contributed by atoms with Gasteiger partial charge in [-0.2, -0.15) is 0 Å². The molecule has 2 aromatic carbocycles. The molecule has 0 radical (unpaired) electrons. The van der Waals surface area contributed by atoms with Gasteiger partial charge >= 0.3 is 5.63 Å². The van der Waals surface area contributed by atoms with Crippen LogP contribution in [-0.2, 0) is 0 Å². The van der Waals surface area contributed by atoms with Crippen LogP contribution in [0.15, 0.2) is 80.8 Å². The molecule has 24 heavy (non-hydrogen) atoms. The normalized spacial score (nSPS) is 12.0. The highest BCUT2D eigenvalue weighted by Gasteiger charge is 2.15. The topological polar surface area (TPSA) is 70.7 Å². The largest absolute Gasteiger partial charge is 0.506 e. The summed E-state index contributed by atoms with van der Waals surface area (Å²) < 4.78 is 5.30. The van der Waals surface area contributed by atoms with Crippen molar-refractivity contribution in [2.75, 3.05) is 5.75 Å². The quantitative estimate of drug-likeness (QED) is 0.691. The van der Waals surface area contributed by atoms with E-state index in [1.165, 1.54) is 6.07 Å². The van der Waals surface area contributed by atoms with Crippen molar-refractivity contribution in [3.63, 3.8) is 0 Å². The Balaban J connectivity index is 1.79. The van der Waals surface area contributed by atoms with Crippen LogP contribution in [0, 0.1) is 0 Å². The molecule has 0 fully saturated rings. The summed E-state index contributed by atoms with van der Waals surface area (Å²) in [5, 5.41) is 20.3. The lowest BCUT2D eigenvalue weighted by atomic mass is 10.1. The van der Waals surface area contributed by atoms with Gasteiger partial charge in [-0.05, 0) is 5.56 Å². The molecule has 122 valence electrons. The summed E-state index contributed by atoms with van der Waals surface area (Å²) in [6.45, 7) is 0. The molecule has 0 aliphatic rings. The maximum Gasteiger partial charge on any atom is 0.353 e. The molecule has 1 heterocycles. The second-order valence-electron chi connectivity index (χ2n) is 5.22. The molecule has 5 heteroatoms. The fourth-order valence-electron chi connectivity index (χ4n) is 2.28. The van der Waals surface area contributed by atoms with Crippen LogP contribution in [-0.4, -0.2) is 16.0 Å². The van der Waals surface area contributed by atoms with Gasteiger partial charge in [-0.25, -0.2) is 4.79 Å². The van der Waals surface area contributed by atoms with Gasteiger partial charge in [-0.15, -0.1) is 11.8 Å². The zero-order valence-electron chi connectivity index (χ0n) is 12.8.